The fraction of sp³-hybridized carbons (Fsp3) is 0.538. The van der Waals surface area contributed by atoms with Crippen molar-refractivity contribution < 1.29 is 13.5 Å². The summed E-state index contributed by atoms with van der Waals surface area (Å²) in [5.41, 5.74) is 0. The van der Waals surface area contributed by atoms with Gasteiger partial charge in [0.05, 0.1) is 0 Å². The van der Waals surface area contributed by atoms with Crippen LogP contribution in [0.3, 0.4) is 0 Å². The molecule has 1 aromatic rings. The van der Waals surface area contributed by atoms with E-state index in [1.54, 1.807) is 12.1 Å². The molecule has 114 valence electrons. The van der Waals surface area contributed by atoms with Crippen molar-refractivity contribution in [1.82, 2.24) is 0 Å². The number of nitrogens with two attached hydrogens (primary N) is 1. The molecule has 0 aliphatic rings. The van der Waals surface area contributed by atoms with E-state index in [0.29, 0.717) is 15.0 Å². The van der Waals surface area contributed by atoms with Gasteiger partial charge in [0, 0.05) is 0 Å². The monoisotopic (exact) mass is 431 g/mol. The van der Waals surface area contributed by atoms with Gasteiger partial charge >= 0.3 is 134 Å². The van der Waals surface area contributed by atoms with Crippen LogP contribution in [0, 0.1) is 0 Å². The van der Waals surface area contributed by atoms with Crippen LogP contribution in [0.1, 0.15) is 19.8 Å². The summed E-state index contributed by atoms with van der Waals surface area (Å²) in [6, 6.07) is 6.64. The van der Waals surface area contributed by atoms with Crippen molar-refractivity contribution in [3.63, 3.8) is 0 Å². The predicted octanol–water partition coefficient (Wildman–Crippen LogP) is 0.784. The average Bonchev–Trinajstić information content (AvgIpc) is 2.41. The molecule has 1 atom stereocenters. The van der Waals surface area contributed by atoms with Crippen LogP contribution in [0.25, 0.3) is 0 Å². The van der Waals surface area contributed by atoms with E-state index in [4.69, 9.17) is 5.14 Å². The van der Waals surface area contributed by atoms with Gasteiger partial charge in [-0.05, 0) is 0 Å². The molecule has 0 fully saturated rings. The second-order valence-corrected chi connectivity index (χ2v) is 10.7. The van der Waals surface area contributed by atoms with Crippen LogP contribution in [-0.2, 0) is 10.0 Å². The Balaban J connectivity index is 2.35. The Morgan fingerprint density at radius 3 is 2.45 bits per heavy atom. The Kier molecular flexibility index (Phi) is 8.37. The van der Waals surface area contributed by atoms with E-state index >= 15 is 0 Å². The number of benzene rings is 1. The summed E-state index contributed by atoms with van der Waals surface area (Å²) in [5, 5.41) is 17.9. The summed E-state index contributed by atoms with van der Waals surface area (Å²) in [6.07, 6.45) is 2.26. The molecule has 0 saturated heterocycles. The fourth-order valence-electron chi connectivity index (χ4n) is 1.43. The number of sulfonamides is 1. The summed E-state index contributed by atoms with van der Waals surface area (Å²) in [4.78, 5) is 0.139. The van der Waals surface area contributed by atoms with Gasteiger partial charge in [-0.2, -0.15) is 0 Å². The Hall–Kier alpha value is 0.129. The maximum absolute atomic E-state index is 11.1. The molecule has 0 radical (unpaired) electrons. The van der Waals surface area contributed by atoms with Crippen molar-refractivity contribution in [1.29, 1.82) is 0 Å². The Labute approximate surface area is 133 Å². The molecule has 0 heterocycles. The molecular weight excluding hydrogens is 408 g/mol. The quantitative estimate of drug-likeness (QED) is 0.450. The zero-order valence-electron chi connectivity index (χ0n) is 11.5. The zero-order valence-corrected chi connectivity index (χ0v) is 15.7. The second-order valence-electron chi connectivity index (χ2n) is 4.41. The molecule has 0 bridgehead atoms. The molecule has 7 heteroatoms. The van der Waals surface area contributed by atoms with Crippen molar-refractivity contribution >= 4 is 44.4 Å². The Bertz CT molecular complexity index is 491. The van der Waals surface area contributed by atoms with Crippen LogP contribution in [0.2, 0.25) is 16.0 Å². The first kappa shape index (κ1) is 18.2. The number of aliphatic hydroxyl groups excluding tert-OH is 1. The summed E-state index contributed by atoms with van der Waals surface area (Å²) >= 11 is 0.722. The molecule has 0 aliphatic heterocycles. The third-order valence-electron chi connectivity index (χ3n) is 2.55. The number of primary sulfonamides is 1. The van der Waals surface area contributed by atoms with Crippen molar-refractivity contribution in [3.8, 4) is 0 Å². The normalized spacial score (nSPS) is 13.3. The average molecular weight is 429 g/mol. The zero-order chi connectivity index (χ0) is 15.0. The van der Waals surface area contributed by atoms with Crippen molar-refractivity contribution in [2.45, 2.75) is 46.7 Å². The predicted molar refractivity (Wildman–Crippen MR) is 84.3 cm³/mol. The first-order valence-electron chi connectivity index (χ1n) is 6.45. The molecule has 0 amide bonds. The molecule has 0 spiro atoms. The summed E-state index contributed by atoms with van der Waals surface area (Å²) < 4.78 is 23.3. The molecule has 3 N–H and O–H groups in total. The van der Waals surface area contributed by atoms with Crippen LogP contribution in [0.15, 0.2) is 29.2 Å². The standard InChI is InChI=1S/C13H21NO3SSe2/c1-2-3-8-19-9-11(15)10-20-13-6-4-12(5-7-13)18(14,16)17/h4-7,11,15H,2-3,8-10H2,1H3,(H2,14,16,17)/t11-/m0/s1. The van der Waals surface area contributed by atoms with Gasteiger partial charge in [-0.25, -0.2) is 0 Å². The number of hydrogen-bond acceptors (Lipinski definition) is 3. The van der Waals surface area contributed by atoms with Gasteiger partial charge < -0.3 is 0 Å². The third-order valence-corrected chi connectivity index (χ3v) is 8.42. The number of unbranched alkanes of at least 4 members (excludes halogenated alkanes) is 1. The molecule has 0 saturated carbocycles. The minimum absolute atomic E-state index is 0.139. The summed E-state index contributed by atoms with van der Waals surface area (Å²) in [6.45, 7) is 2.18. The first-order chi connectivity index (χ1) is 9.43. The van der Waals surface area contributed by atoms with E-state index in [2.05, 4.69) is 6.92 Å². The van der Waals surface area contributed by atoms with E-state index in [0.717, 1.165) is 15.1 Å². The molecule has 4 nitrogen and oxygen atoms in total. The van der Waals surface area contributed by atoms with Crippen LogP contribution >= 0.6 is 0 Å². The van der Waals surface area contributed by atoms with Crippen LogP contribution < -0.4 is 9.60 Å². The van der Waals surface area contributed by atoms with Gasteiger partial charge in [0.15, 0.2) is 0 Å². The number of rotatable bonds is 9. The van der Waals surface area contributed by atoms with E-state index < -0.39 is 10.0 Å². The number of hydrogen-bond donors (Lipinski definition) is 2. The van der Waals surface area contributed by atoms with Gasteiger partial charge in [-0.3, -0.25) is 0 Å². The topological polar surface area (TPSA) is 80.4 Å². The van der Waals surface area contributed by atoms with Crippen LogP contribution in [0.5, 0.6) is 0 Å². The van der Waals surface area contributed by atoms with E-state index in [9.17, 15) is 13.5 Å². The Morgan fingerprint density at radius 1 is 1.25 bits per heavy atom. The summed E-state index contributed by atoms with van der Waals surface area (Å²) in [7, 11) is -3.61. The Morgan fingerprint density at radius 2 is 1.90 bits per heavy atom. The first-order valence-corrected chi connectivity index (χ1v) is 12.5. The minimum atomic E-state index is -3.61. The molecule has 1 rings (SSSR count). The van der Waals surface area contributed by atoms with Gasteiger partial charge in [-0.15, -0.1) is 0 Å². The maximum atomic E-state index is 11.1. The van der Waals surface area contributed by atoms with Crippen molar-refractivity contribution in [2.24, 2.45) is 5.14 Å². The van der Waals surface area contributed by atoms with Crippen LogP contribution in [0.4, 0.5) is 0 Å². The van der Waals surface area contributed by atoms with Gasteiger partial charge in [0.1, 0.15) is 0 Å². The summed E-state index contributed by atoms with van der Waals surface area (Å²) in [5.74, 6) is 0. The van der Waals surface area contributed by atoms with E-state index in [1.807, 2.05) is 0 Å². The molecular formula is C13H21NO3SSe2. The van der Waals surface area contributed by atoms with E-state index in [1.165, 1.54) is 30.3 Å². The van der Waals surface area contributed by atoms with Gasteiger partial charge in [0.25, 0.3) is 0 Å². The number of aliphatic hydroxyl groups is 1. The molecule has 20 heavy (non-hydrogen) atoms. The molecule has 0 aromatic heterocycles. The third kappa shape index (κ3) is 7.23. The molecule has 0 aliphatic carbocycles. The second kappa shape index (κ2) is 9.21. The van der Waals surface area contributed by atoms with Crippen LogP contribution in [-0.4, -0.2) is 49.5 Å². The van der Waals surface area contributed by atoms with E-state index in [-0.39, 0.29) is 26.0 Å². The SMILES string of the molecule is CCCC[Se]C[C@H](O)C[Se]c1ccc(S(N)(=O)=O)cc1. The fourth-order valence-corrected chi connectivity index (χ4v) is 6.65. The van der Waals surface area contributed by atoms with Gasteiger partial charge in [0.2, 0.25) is 0 Å². The molecule has 1 aromatic carbocycles. The molecule has 0 unspecified atom stereocenters. The van der Waals surface area contributed by atoms with Crippen molar-refractivity contribution in [2.75, 3.05) is 0 Å². The van der Waals surface area contributed by atoms with Crippen molar-refractivity contribution in [3.05, 3.63) is 24.3 Å². The van der Waals surface area contributed by atoms with Gasteiger partial charge in [-0.1, -0.05) is 0 Å².